The van der Waals surface area contributed by atoms with Crippen LogP contribution in [0, 0.1) is 0 Å². The van der Waals surface area contributed by atoms with E-state index in [-0.39, 0.29) is 0 Å². The minimum atomic E-state index is 0.404. The number of benzene rings is 1. The molecule has 5 heteroatoms. The summed E-state index contributed by atoms with van der Waals surface area (Å²) in [7, 11) is 0. The third-order valence-corrected chi connectivity index (χ3v) is 4.10. The molecule has 1 fully saturated rings. The smallest absolute Gasteiger partial charge is 0.0769 e. The summed E-state index contributed by atoms with van der Waals surface area (Å²) in [5.74, 6) is 0. The van der Waals surface area contributed by atoms with Crippen molar-refractivity contribution in [2.24, 2.45) is 0 Å². The Bertz CT molecular complexity index is 415. The first-order chi connectivity index (χ1) is 8.34. The van der Waals surface area contributed by atoms with Gasteiger partial charge in [-0.1, -0.05) is 0 Å². The Balaban J connectivity index is 1.84. The fourth-order valence-corrected chi connectivity index (χ4v) is 2.99. The second kappa shape index (κ2) is 4.74. The van der Waals surface area contributed by atoms with Crippen molar-refractivity contribution < 1.29 is 0 Å². The van der Waals surface area contributed by atoms with Gasteiger partial charge in [-0.3, -0.25) is 5.32 Å². The van der Waals surface area contributed by atoms with Crippen molar-refractivity contribution in [1.29, 1.82) is 0 Å². The van der Waals surface area contributed by atoms with Gasteiger partial charge in [0.15, 0.2) is 0 Å². The minimum absolute atomic E-state index is 0.404. The highest BCUT2D eigenvalue weighted by atomic mass is 79.9. The Labute approximate surface area is 110 Å². The van der Waals surface area contributed by atoms with Crippen molar-refractivity contribution in [2.45, 2.75) is 19.0 Å². The monoisotopic (exact) mass is 296 g/mol. The predicted molar refractivity (Wildman–Crippen MR) is 75.8 cm³/mol. The van der Waals surface area contributed by atoms with Gasteiger partial charge in [-0.05, 0) is 47.4 Å². The van der Waals surface area contributed by atoms with Gasteiger partial charge in [0.1, 0.15) is 0 Å². The highest BCUT2D eigenvalue weighted by Gasteiger charge is 2.18. The highest BCUT2D eigenvalue weighted by Crippen LogP contribution is 2.38. The molecule has 1 aromatic carbocycles. The Morgan fingerprint density at radius 3 is 2.88 bits per heavy atom. The molecule has 2 aliphatic rings. The van der Waals surface area contributed by atoms with Gasteiger partial charge in [-0.2, -0.15) is 0 Å². The fraction of sp³-hybridized carbons (Fsp3) is 0.500. The van der Waals surface area contributed by atoms with Crippen molar-refractivity contribution in [3.63, 3.8) is 0 Å². The topological polar surface area (TPSA) is 48.1 Å². The van der Waals surface area contributed by atoms with Gasteiger partial charge in [-0.15, -0.1) is 0 Å². The van der Waals surface area contributed by atoms with Crippen LogP contribution in [0.15, 0.2) is 16.6 Å². The zero-order valence-corrected chi connectivity index (χ0v) is 11.2. The van der Waals surface area contributed by atoms with E-state index in [0.717, 1.165) is 29.8 Å². The van der Waals surface area contributed by atoms with Gasteiger partial charge in [0, 0.05) is 13.1 Å². The van der Waals surface area contributed by atoms with Crippen LogP contribution in [0.3, 0.4) is 0 Å². The number of hydrogen-bond acceptors (Lipinski definition) is 4. The number of fused-ring (bicyclic) bond motifs is 1. The van der Waals surface area contributed by atoms with Crippen molar-refractivity contribution in [1.82, 2.24) is 5.32 Å². The van der Waals surface area contributed by atoms with E-state index in [9.17, 15) is 0 Å². The van der Waals surface area contributed by atoms with Gasteiger partial charge < -0.3 is 16.0 Å². The molecular weight excluding hydrogens is 280 g/mol. The summed E-state index contributed by atoms with van der Waals surface area (Å²) >= 11 is 3.68. The molecule has 3 rings (SSSR count). The summed E-state index contributed by atoms with van der Waals surface area (Å²) in [6.07, 6.45) is 2.84. The first-order valence-corrected chi connectivity index (χ1v) is 6.94. The largest absolute Gasteiger partial charge is 0.382 e. The first-order valence-electron chi connectivity index (χ1n) is 6.15. The molecule has 0 aromatic heterocycles. The van der Waals surface area contributed by atoms with E-state index in [1.807, 2.05) is 0 Å². The minimum Gasteiger partial charge on any atom is -0.382 e. The molecule has 0 amide bonds. The zero-order chi connectivity index (χ0) is 11.7. The van der Waals surface area contributed by atoms with Gasteiger partial charge in [-0.25, -0.2) is 0 Å². The van der Waals surface area contributed by atoms with Gasteiger partial charge >= 0.3 is 0 Å². The number of nitrogens with one attached hydrogen (secondary N) is 4. The van der Waals surface area contributed by atoms with Crippen LogP contribution in [0.4, 0.5) is 17.1 Å². The van der Waals surface area contributed by atoms with Gasteiger partial charge in [0.25, 0.3) is 0 Å². The normalized spacial score (nSPS) is 22.5. The summed E-state index contributed by atoms with van der Waals surface area (Å²) < 4.78 is 1.12. The SMILES string of the molecule is Brc1c(NC2CCCN2)ccc2c1NCCN2. The molecule has 0 saturated carbocycles. The molecule has 1 unspecified atom stereocenters. The lowest BCUT2D eigenvalue weighted by molar-refractivity contribution is 0.679. The molecule has 17 heavy (non-hydrogen) atoms. The Morgan fingerprint density at radius 2 is 2.06 bits per heavy atom. The maximum atomic E-state index is 3.68. The van der Waals surface area contributed by atoms with Crippen LogP contribution in [0.25, 0.3) is 0 Å². The van der Waals surface area contributed by atoms with E-state index in [1.165, 1.54) is 24.2 Å². The van der Waals surface area contributed by atoms with E-state index < -0.39 is 0 Å². The lowest BCUT2D eigenvalue weighted by Crippen LogP contribution is -2.30. The molecule has 0 aliphatic carbocycles. The van der Waals surface area contributed by atoms with E-state index in [2.05, 4.69) is 49.3 Å². The Kier molecular flexibility index (Phi) is 3.11. The number of rotatable bonds is 2. The van der Waals surface area contributed by atoms with E-state index in [0.29, 0.717) is 6.17 Å². The Morgan fingerprint density at radius 1 is 1.18 bits per heavy atom. The molecule has 0 bridgehead atoms. The molecular formula is C12H17BrN4. The van der Waals surface area contributed by atoms with Crippen LogP contribution in [-0.4, -0.2) is 25.8 Å². The molecule has 2 heterocycles. The van der Waals surface area contributed by atoms with Crippen molar-refractivity contribution in [2.75, 3.05) is 35.6 Å². The quantitative estimate of drug-likeness (QED) is 0.677. The molecule has 2 aliphatic heterocycles. The average molecular weight is 297 g/mol. The maximum absolute atomic E-state index is 3.68. The molecule has 4 N–H and O–H groups in total. The second-order valence-corrected chi connectivity index (χ2v) is 5.29. The summed E-state index contributed by atoms with van der Waals surface area (Å²) in [6.45, 7) is 3.06. The molecule has 0 radical (unpaired) electrons. The number of hydrogen-bond donors (Lipinski definition) is 4. The summed E-state index contributed by atoms with van der Waals surface area (Å²) in [6, 6.07) is 4.26. The predicted octanol–water partition coefficient (Wildman–Crippen LogP) is 2.41. The number of anilines is 3. The van der Waals surface area contributed by atoms with Crippen molar-refractivity contribution in [3.05, 3.63) is 16.6 Å². The van der Waals surface area contributed by atoms with E-state index in [1.54, 1.807) is 0 Å². The van der Waals surface area contributed by atoms with Crippen LogP contribution in [-0.2, 0) is 0 Å². The van der Waals surface area contributed by atoms with Crippen LogP contribution >= 0.6 is 15.9 Å². The third-order valence-electron chi connectivity index (χ3n) is 3.27. The molecule has 1 aromatic rings. The fourth-order valence-electron chi connectivity index (χ4n) is 2.39. The summed E-state index contributed by atoms with van der Waals surface area (Å²) in [5.41, 5.74) is 3.49. The number of halogens is 1. The van der Waals surface area contributed by atoms with Gasteiger partial charge in [0.05, 0.1) is 27.7 Å². The summed E-state index contributed by atoms with van der Waals surface area (Å²) in [4.78, 5) is 0. The Hall–Kier alpha value is -0.940. The van der Waals surface area contributed by atoms with Crippen LogP contribution in [0.1, 0.15) is 12.8 Å². The van der Waals surface area contributed by atoms with E-state index in [4.69, 9.17) is 0 Å². The lowest BCUT2D eigenvalue weighted by atomic mass is 10.2. The van der Waals surface area contributed by atoms with Gasteiger partial charge in [0.2, 0.25) is 0 Å². The van der Waals surface area contributed by atoms with Crippen LogP contribution in [0.5, 0.6) is 0 Å². The second-order valence-electron chi connectivity index (χ2n) is 4.50. The molecule has 4 nitrogen and oxygen atoms in total. The lowest BCUT2D eigenvalue weighted by Gasteiger charge is -2.24. The molecule has 1 atom stereocenters. The third kappa shape index (κ3) is 2.21. The van der Waals surface area contributed by atoms with Crippen molar-refractivity contribution >= 4 is 33.0 Å². The highest BCUT2D eigenvalue weighted by molar-refractivity contribution is 9.10. The maximum Gasteiger partial charge on any atom is 0.0769 e. The van der Waals surface area contributed by atoms with Crippen LogP contribution < -0.4 is 21.3 Å². The standard InChI is InChI=1S/C12H17BrN4/c13-11-8(17-10-2-1-5-15-10)3-4-9-12(11)16-7-6-14-9/h3-4,10,14-17H,1-2,5-7H2. The van der Waals surface area contributed by atoms with E-state index >= 15 is 0 Å². The summed E-state index contributed by atoms with van der Waals surface area (Å²) in [5, 5.41) is 13.8. The molecule has 0 spiro atoms. The van der Waals surface area contributed by atoms with Crippen molar-refractivity contribution in [3.8, 4) is 0 Å². The zero-order valence-electron chi connectivity index (χ0n) is 9.65. The first kappa shape index (κ1) is 11.2. The molecule has 1 saturated heterocycles. The van der Waals surface area contributed by atoms with Crippen LogP contribution in [0.2, 0.25) is 0 Å². The molecule has 92 valence electrons. The average Bonchev–Trinajstić information content (AvgIpc) is 2.86.